The van der Waals surface area contributed by atoms with Gasteiger partial charge in [0, 0.05) is 22.1 Å². The zero-order valence-corrected chi connectivity index (χ0v) is 15.5. The van der Waals surface area contributed by atoms with Crippen LogP contribution in [0.5, 0.6) is 0 Å². The average Bonchev–Trinajstić information content (AvgIpc) is 2.63. The topological polar surface area (TPSA) is 42.0 Å². The van der Waals surface area contributed by atoms with Crippen molar-refractivity contribution in [3.63, 3.8) is 0 Å². The van der Waals surface area contributed by atoms with Crippen molar-refractivity contribution >= 4 is 33.6 Å². The molecule has 1 aromatic heterocycles. The Morgan fingerprint density at radius 3 is 2.56 bits per heavy atom. The zero-order chi connectivity index (χ0) is 17.6. The second kappa shape index (κ2) is 8.27. The lowest BCUT2D eigenvalue weighted by Gasteiger charge is -2.10. The fraction of sp³-hybridized carbons (Fsp3) is 0.0526. The van der Waals surface area contributed by atoms with Crippen molar-refractivity contribution in [2.24, 2.45) is 0 Å². The molecule has 0 fully saturated rings. The van der Waals surface area contributed by atoms with Crippen molar-refractivity contribution in [2.45, 2.75) is 16.5 Å². The molecule has 0 saturated carbocycles. The third kappa shape index (κ3) is 4.90. The van der Waals surface area contributed by atoms with E-state index in [1.54, 1.807) is 24.4 Å². The van der Waals surface area contributed by atoms with Gasteiger partial charge in [0.05, 0.1) is 5.56 Å². The number of nitrogens with zero attached hydrogens (tertiary/aromatic N) is 1. The van der Waals surface area contributed by atoms with E-state index in [0.717, 1.165) is 20.0 Å². The van der Waals surface area contributed by atoms with E-state index >= 15 is 0 Å². The Morgan fingerprint density at radius 1 is 1.08 bits per heavy atom. The molecule has 0 unspecified atom stereocenters. The van der Waals surface area contributed by atoms with Crippen molar-refractivity contribution in [3.8, 4) is 0 Å². The van der Waals surface area contributed by atoms with Gasteiger partial charge in [-0.15, -0.1) is 0 Å². The molecule has 0 aliphatic carbocycles. The maximum atomic E-state index is 12.9. The number of carbonyl (C=O) groups excluding carboxylic acids is 1. The number of hydrogen-bond donors (Lipinski definition) is 1. The average molecular weight is 417 g/mol. The molecule has 0 aliphatic heterocycles. The summed E-state index contributed by atoms with van der Waals surface area (Å²) >= 11 is 4.79. The number of halogens is 2. The molecule has 0 spiro atoms. The number of benzene rings is 2. The van der Waals surface area contributed by atoms with Crippen LogP contribution in [0.15, 0.2) is 81.3 Å². The molecule has 6 heteroatoms. The SMILES string of the molecule is O=C(NCc1ccc(F)cc1)c1ccccc1Sc1ccc(Br)cn1. The molecule has 3 nitrogen and oxygen atoms in total. The van der Waals surface area contributed by atoms with Crippen LogP contribution < -0.4 is 5.32 Å². The number of nitrogens with one attached hydrogen (secondary N) is 1. The van der Waals surface area contributed by atoms with Gasteiger partial charge in [-0.2, -0.15) is 0 Å². The van der Waals surface area contributed by atoms with Gasteiger partial charge in [0.2, 0.25) is 0 Å². The molecule has 1 amide bonds. The van der Waals surface area contributed by atoms with Crippen LogP contribution in [0.2, 0.25) is 0 Å². The van der Waals surface area contributed by atoms with Crippen LogP contribution in [0.3, 0.4) is 0 Å². The summed E-state index contributed by atoms with van der Waals surface area (Å²) in [6, 6.07) is 17.2. The van der Waals surface area contributed by atoms with Crippen molar-refractivity contribution in [1.82, 2.24) is 10.3 Å². The van der Waals surface area contributed by atoms with Gasteiger partial charge in [-0.1, -0.05) is 36.0 Å². The van der Waals surface area contributed by atoms with Crippen LogP contribution in [-0.2, 0) is 6.54 Å². The lowest BCUT2D eigenvalue weighted by molar-refractivity contribution is 0.0948. The Morgan fingerprint density at radius 2 is 1.84 bits per heavy atom. The first kappa shape index (κ1) is 17.6. The lowest BCUT2D eigenvalue weighted by atomic mass is 10.2. The fourth-order valence-electron chi connectivity index (χ4n) is 2.16. The quantitative estimate of drug-likeness (QED) is 0.631. The van der Waals surface area contributed by atoms with E-state index in [2.05, 4.69) is 26.2 Å². The summed E-state index contributed by atoms with van der Waals surface area (Å²) in [5.74, 6) is -0.469. The largest absolute Gasteiger partial charge is 0.348 e. The van der Waals surface area contributed by atoms with Gasteiger partial charge >= 0.3 is 0 Å². The Bertz CT molecular complexity index is 869. The normalized spacial score (nSPS) is 10.5. The predicted octanol–water partition coefficient (Wildman–Crippen LogP) is 5.06. The highest BCUT2D eigenvalue weighted by molar-refractivity contribution is 9.10. The number of aromatic nitrogens is 1. The maximum absolute atomic E-state index is 12.9. The van der Waals surface area contributed by atoms with Gasteiger partial charge < -0.3 is 5.32 Å². The maximum Gasteiger partial charge on any atom is 0.252 e. The van der Waals surface area contributed by atoms with Crippen LogP contribution >= 0.6 is 27.7 Å². The van der Waals surface area contributed by atoms with Gasteiger partial charge in [0.25, 0.3) is 5.91 Å². The van der Waals surface area contributed by atoms with Crippen LogP contribution in [0.1, 0.15) is 15.9 Å². The Labute approximate surface area is 157 Å². The highest BCUT2D eigenvalue weighted by Crippen LogP contribution is 2.29. The summed E-state index contributed by atoms with van der Waals surface area (Å²) < 4.78 is 13.8. The third-order valence-corrected chi connectivity index (χ3v) is 4.91. The van der Waals surface area contributed by atoms with E-state index in [1.165, 1.54) is 23.9 Å². The molecule has 0 aliphatic rings. The summed E-state index contributed by atoms with van der Waals surface area (Å²) in [6.07, 6.45) is 1.72. The third-order valence-electron chi connectivity index (χ3n) is 3.41. The van der Waals surface area contributed by atoms with E-state index in [4.69, 9.17) is 0 Å². The zero-order valence-electron chi connectivity index (χ0n) is 13.1. The first-order valence-electron chi connectivity index (χ1n) is 7.53. The van der Waals surface area contributed by atoms with Crippen LogP contribution in [0.4, 0.5) is 4.39 Å². The van der Waals surface area contributed by atoms with E-state index < -0.39 is 0 Å². The molecule has 126 valence electrons. The monoisotopic (exact) mass is 416 g/mol. The molecule has 25 heavy (non-hydrogen) atoms. The fourth-order valence-corrected chi connectivity index (χ4v) is 3.28. The van der Waals surface area contributed by atoms with Crippen molar-refractivity contribution in [3.05, 3.63) is 88.3 Å². The molecule has 0 saturated heterocycles. The molecule has 1 heterocycles. The molecule has 0 radical (unpaired) electrons. The van der Waals surface area contributed by atoms with Gasteiger partial charge in [0.1, 0.15) is 10.8 Å². The Balaban J connectivity index is 1.71. The predicted molar refractivity (Wildman–Crippen MR) is 100 cm³/mol. The number of rotatable bonds is 5. The molecule has 3 rings (SSSR count). The summed E-state index contributed by atoms with van der Waals surface area (Å²) in [7, 11) is 0. The summed E-state index contributed by atoms with van der Waals surface area (Å²) in [5.41, 5.74) is 1.42. The van der Waals surface area contributed by atoms with Crippen molar-refractivity contribution in [1.29, 1.82) is 0 Å². The summed E-state index contributed by atoms with van der Waals surface area (Å²) in [5, 5.41) is 3.67. The second-order valence-electron chi connectivity index (χ2n) is 5.22. The van der Waals surface area contributed by atoms with Crippen LogP contribution in [0.25, 0.3) is 0 Å². The van der Waals surface area contributed by atoms with Crippen LogP contribution in [0, 0.1) is 5.82 Å². The molecule has 0 bridgehead atoms. The number of amides is 1. The van der Waals surface area contributed by atoms with E-state index in [0.29, 0.717) is 12.1 Å². The van der Waals surface area contributed by atoms with Gasteiger partial charge in [-0.25, -0.2) is 9.37 Å². The standard InChI is InChI=1S/C19H14BrFN2OS/c20-14-7-10-18(22-12-14)25-17-4-2-1-3-16(17)19(24)23-11-13-5-8-15(21)9-6-13/h1-10,12H,11H2,(H,23,24). The van der Waals surface area contributed by atoms with Gasteiger partial charge in [-0.05, 0) is 57.9 Å². The first-order valence-corrected chi connectivity index (χ1v) is 9.14. The minimum Gasteiger partial charge on any atom is -0.348 e. The highest BCUT2D eigenvalue weighted by Gasteiger charge is 2.12. The Hall–Kier alpha value is -2.18. The van der Waals surface area contributed by atoms with Gasteiger partial charge in [0.15, 0.2) is 0 Å². The highest BCUT2D eigenvalue weighted by atomic mass is 79.9. The van der Waals surface area contributed by atoms with Crippen LogP contribution in [-0.4, -0.2) is 10.9 Å². The molecular weight excluding hydrogens is 403 g/mol. The molecular formula is C19H14BrFN2OS. The minimum absolute atomic E-state index is 0.176. The van der Waals surface area contributed by atoms with E-state index in [1.807, 2.05) is 30.3 Å². The molecule has 3 aromatic rings. The molecule has 2 aromatic carbocycles. The second-order valence-corrected chi connectivity index (χ2v) is 7.20. The summed E-state index contributed by atoms with van der Waals surface area (Å²) in [4.78, 5) is 17.7. The molecule has 0 atom stereocenters. The number of carbonyl (C=O) groups is 1. The smallest absolute Gasteiger partial charge is 0.252 e. The minimum atomic E-state index is -0.293. The van der Waals surface area contributed by atoms with E-state index in [-0.39, 0.29) is 11.7 Å². The van der Waals surface area contributed by atoms with Crippen molar-refractivity contribution < 1.29 is 9.18 Å². The van der Waals surface area contributed by atoms with E-state index in [9.17, 15) is 9.18 Å². The Kier molecular flexibility index (Phi) is 5.83. The summed E-state index contributed by atoms with van der Waals surface area (Å²) in [6.45, 7) is 0.342. The number of hydrogen-bond acceptors (Lipinski definition) is 3. The van der Waals surface area contributed by atoms with Gasteiger partial charge in [-0.3, -0.25) is 4.79 Å². The van der Waals surface area contributed by atoms with Crippen molar-refractivity contribution in [2.75, 3.05) is 0 Å². The lowest BCUT2D eigenvalue weighted by Crippen LogP contribution is -2.23. The molecule has 1 N–H and O–H groups in total. The number of pyridine rings is 1. The first-order chi connectivity index (χ1) is 12.1.